The Bertz CT molecular complexity index is 762. The third kappa shape index (κ3) is 1.87. The van der Waals surface area contributed by atoms with E-state index in [-0.39, 0.29) is 17.7 Å². The molecule has 2 aliphatic rings. The lowest BCUT2D eigenvalue weighted by Gasteiger charge is -2.18. The van der Waals surface area contributed by atoms with Gasteiger partial charge in [-0.2, -0.15) is 0 Å². The second-order valence-corrected chi connectivity index (χ2v) is 6.16. The van der Waals surface area contributed by atoms with Crippen molar-refractivity contribution in [2.45, 2.75) is 38.5 Å². The minimum Gasteiger partial charge on any atom is -0.356 e. The van der Waals surface area contributed by atoms with Gasteiger partial charge >= 0.3 is 0 Å². The quantitative estimate of drug-likeness (QED) is 0.814. The maximum absolute atomic E-state index is 12.0. The van der Waals surface area contributed by atoms with Crippen LogP contribution in [0.2, 0.25) is 0 Å². The van der Waals surface area contributed by atoms with Crippen molar-refractivity contribution in [3.63, 3.8) is 0 Å². The monoisotopic (exact) mass is 284 g/mol. The molecule has 0 radical (unpaired) electrons. The molecule has 1 aliphatic heterocycles. The Kier molecular flexibility index (Phi) is 2.64. The van der Waals surface area contributed by atoms with Crippen LogP contribution in [0.3, 0.4) is 0 Å². The van der Waals surface area contributed by atoms with E-state index >= 15 is 0 Å². The zero-order valence-electron chi connectivity index (χ0n) is 11.8. The number of amides is 2. The highest BCUT2D eigenvalue weighted by Crippen LogP contribution is 2.37. The van der Waals surface area contributed by atoms with Gasteiger partial charge in [0.2, 0.25) is 11.8 Å². The number of nitrogens with one attached hydrogen (secondary N) is 1. The molecule has 4 rings (SSSR count). The molecule has 1 aromatic carbocycles. The average Bonchev–Trinajstić information content (AvgIpc) is 3.01. The molecular formula is C16H16N2O3. The van der Waals surface area contributed by atoms with Gasteiger partial charge in [0.05, 0.1) is 5.92 Å². The maximum atomic E-state index is 12.0. The van der Waals surface area contributed by atoms with Crippen LogP contribution in [0.15, 0.2) is 16.7 Å². The summed E-state index contributed by atoms with van der Waals surface area (Å²) in [6.45, 7) is 2.23. The number of rotatable bonds is 1. The number of carbonyl (C=O) groups excluding carboxylic acids is 2. The fourth-order valence-corrected chi connectivity index (χ4v) is 3.54. The van der Waals surface area contributed by atoms with E-state index in [0.717, 1.165) is 23.8 Å². The predicted molar refractivity (Wildman–Crippen MR) is 75.7 cm³/mol. The summed E-state index contributed by atoms with van der Waals surface area (Å²) in [4.78, 5) is 23.3. The van der Waals surface area contributed by atoms with Crippen LogP contribution in [0, 0.1) is 5.92 Å². The Morgan fingerprint density at radius 1 is 1.29 bits per heavy atom. The number of imide groups is 1. The second-order valence-electron chi connectivity index (χ2n) is 6.16. The molecule has 2 aromatic rings. The summed E-state index contributed by atoms with van der Waals surface area (Å²) in [5, 5.41) is 7.45. The van der Waals surface area contributed by atoms with Crippen molar-refractivity contribution < 1.29 is 14.1 Å². The summed E-state index contributed by atoms with van der Waals surface area (Å²) >= 11 is 0. The lowest BCUT2D eigenvalue weighted by atomic mass is 9.92. The molecule has 5 nitrogen and oxygen atoms in total. The molecule has 1 saturated heterocycles. The molecule has 108 valence electrons. The van der Waals surface area contributed by atoms with Gasteiger partial charge in [-0.25, -0.2) is 0 Å². The Hall–Kier alpha value is -2.17. The smallest absolute Gasteiger partial charge is 0.235 e. The minimum absolute atomic E-state index is 0.209. The summed E-state index contributed by atoms with van der Waals surface area (Å²) in [5.74, 6) is -0.246. The molecule has 2 unspecified atom stereocenters. The van der Waals surface area contributed by atoms with Crippen LogP contribution in [0.1, 0.15) is 42.5 Å². The molecule has 2 amide bonds. The van der Waals surface area contributed by atoms with E-state index in [1.807, 2.05) is 6.07 Å². The Morgan fingerprint density at radius 2 is 2.14 bits per heavy atom. The summed E-state index contributed by atoms with van der Waals surface area (Å²) in [5.41, 5.74) is 4.03. The van der Waals surface area contributed by atoms with Crippen LogP contribution in [0.25, 0.3) is 11.0 Å². The molecule has 0 saturated carbocycles. The van der Waals surface area contributed by atoms with Gasteiger partial charge in [0.15, 0.2) is 5.58 Å². The number of nitrogens with zero attached hydrogens (tertiary/aromatic N) is 1. The highest BCUT2D eigenvalue weighted by atomic mass is 16.5. The normalized spacial score (nSPS) is 25.2. The van der Waals surface area contributed by atoms with Gasteiger partial charge in [-0.05, 0) is 36.8 Å². The van der Waals surface area contributed by atoms with E-state index in [2.05, 4.69) is 23.5 Å². The van der Waals surface area contributed by atoms with Crippen LogP contribution in [-0.4, -0.2) is 17.0 Å². The van der Waals surface area contributed by atoms with E-state index < -0.39 is 0 Å². The van der Waals surface area contributed by atoms with Crippen LogP contribution in [0.4, 0.5) is 0 Å². The highest BCUT2D eigenvalue weighted by molar-refractivity contribution is 6.02. The zero-order chi connectivity index (χ0) is 14.6. The van der Waals surface area contributed by atoms with Crippen LogP contribution in [0.5, 0.6) is 0 Å². The van der Waals surface area contributed by atoms with Gasteiger partial charge < -0.3 is 4.52 Å². The van der Waals surface area contributed by atoms with Crippen molar-refractivity contribution in [2.75, 3.05) is 0 Å². The number of piperidine rings is 1. The van der Waals surface area contributed by atoms with Crippen molar-refractivity contribution >= 4 is 22.8 Å². The van der Waals surface area contributed by atoms with E-state index in [1.54, 1.807) is 0 Å². The van der Waals surface area contributed by atoms with E-state index in [1.165, 1.54) is 11.1 Å². The highest BCUT2D eigenvalue weighted by Gasteiger charge is 2.33. The maximum Gasteiger partial charge on any atom is 0.235 e. The lowest BCUT2D eigenvalue weighted by Crippen LogP contribution is -2.39. The predicted octanol–water partition coefficient (Wildman–Crippen LogP) is 2.08. The molecular weight excluding hydrogens is 268 g/mol. The molecule has 2 heterocycles. The number of hydrogen-bond acceptors (Lipinski definition) is 4. The summed E-state index contributed by atoms with van der Waals surface area (Å²) in [6.07, 6.45) is 2.92. The molecule has 1 fully saturated rings. The summed E-state index contributed by atoms with van der Waals surface area (Å²) < 4.78 is 5.55. The standard InChI is InChI=1S/C16H16N2O3/c1-8-6-9-2-3-10-14(18-21-15(10)12(9)7-8)11-4-5-13(19)17-16(11)20/h2-3,8,11H,4-7H2,1H3,(H,17,19,20). The average molecular weight is 284 g/mol. The number of carbonyl (C=O) groups is 2. The molecule has 0 bridgehead atoms. The van der Waals surface area contributed by atoms with Gasteiger partial charge in [-0.1, -0.05) is 18.1 Å². The van der Waals surface area contributed by atoms with Gasteiger partial charge in [0, 0.05) is 17.4 Å². The van der Waals surface area contributed by atoms with E-state index in [9.17, 15) is 9.59 Å². The minimum atomic E-state index is -0.388. The molecule has 0 spiro atoms. The Balaban J connectivity index is 1.80. The van der Waals surface area contributed by atoms with Gasteiger partial charge in [0.1, 0.15) is 5.69 Å². The number of fused-ring (bicyclic) bond motifs is 3. The number of hydrogen-bond donors (Lipinski definition) is 1. The first-order chi connectivity index (χ1) is 10.1. The first-order valence-corrected chi connectivity index (χ1v) is 7.37. The van der Waals surface area contributed by atoms with Crippen LogP contribution >= 0.6 is 0 Å². The topological polar surface area (TPSA) is 72.2 Å². The molecule has 5 heteroatoms. The van der Waals surface area contributed by atoms with Gasteiger partial charge in [0.25, 0.3) is 0 Å². The third-order valence-corrected chi connectivity index (χ3v) is 4.56. The fraction of sp³-hybridized carbons (Fsp3) is 0.438. The largest absolute Gasteiger partial charge is 0.356 e. The van der Waals surface area contributed by atoms with Crippen molar-refractivity contribution in [1.82, 2.24) is 10.5 Å². The number of aromatic nitrogens is 1. The molecule has 21 heavy (non-hydrogen) atoms. The first kappa shape index (κ1) is 12.6. The van der Waals surface area contributed by atoms with Crippen molar-refractivity contribution in [2.24, 2.45) is 5.92 Å². The SMILES string of the molecule is CC1Cc2ccc3c(C4CCC(=O)NC4=O)noc3c2C1. The zero-order valence-corrected chi connectivity index (χ0v) is 11.8. The van der Waals surface area contributed by atoms with Crippen LogP contribution < -0.4 is 5.32 Å². The van der Waals surface area contributed by atoms with E-state index in [4.69, 9.17) is 4.52 Å². The molecule has 2 atom stereocenters. The molecule has 1 aliphatic carbocycles. The number of benzene rings is 1. The lowest BCUT2D eigenvalue weighted by molar-refractivity contribution is -0.134. The van der Waals surface area contributed by atoms with Crippen molar-refractivity contribution in [3.05, 3.63) is 29.0 Å². The van der Waals surface area contributed by atoms with Gasteiger partial charge in [-0.3, -0.25) is 14.9 Å². The van der Waals surface area contributed by atoms with Crippen LogP contribution in [-0.2, 0) is 22.4 Å². The Labute approximate surface area is 121 Å². The Morgan fingerprint density at radius 3 is 2.95 bits per heavy atom. The fourth-order valence-electron chi connectivity index (χ4n) is 3.54. The molecule has 1 aromatic heterocycles. The third-order valence-electron chi connectivity index (χ3n) is 4.56. The summed E-state index contributed by atoms with van der Waals surface area (Å²) in [7, 11) is 0. The van der Waals surface area contributed by atoms with Crippen molar-refractivity contribution in [1.29, 1.82) is 0 Å². The van der Waals surface area contributed by atoms with Gasteiger partial charge in [-0.15, -0.1) is 0 Å². The van der Waals surface area contributed by atoms with Crippen molar-refractivity contribution in [3.8, 4) is 0 Å². The second kappa shape index (κ2) is 4.41. The van der Waals surface area contributed by atoms with E-state index in [0.29, 0.717) is 24.5 Å². The molecule has 1 N–H and O–H groups in total. The summed E-state index contributed by atoms with van der Waals surface area (Å²) in [6, 6.07) is 4.12. The first-order valence-electron chi connectivity index (χ1n) is 7.37.